The quantitative estimate of drug-likeness (QED) is 0.276. The Morgan fingerprint density at radius 3 is 2.34 bits per heavy atom. The predicted octanol–water partition coefficient (Wildman–Crippen LogP) is 6.36. The zero-order valence-electron chi connectivity index (χ0n) is 20.2. The predicted molar refractivity (Wildman–Crippen MR) is 142 cm³/mol. The molecule has 0 fully saturated rings. The van der Waals surface area contributed by atoms with Gasteiger partial charge >= 0.3 is 0 Å². The van der Waals surface area contributed by atoms with E-state index in [0.29, 0.717) is 53.2 Å². The Morgan fingerprint density at radius 1 is 0.971 bits per heavy atom. The zero-order valence-corrected chi connectivity index (χ0v) is 20.9. The third-order valence-electron chi connectivity index (χ3n) is 6.20. The zero-order chi connectivity index (χ0) is 24.8. The molecule has 180 valence electrons. The van der Waals surface area contributed by atoms with Crippen LogP contribution in [0.25, 0.3) is 16.6 Å². The van der Waals surface area contributed by atoms with E-state index in [4.69, 9.17) is 16.6 Å². The molecule has 4 rings (SSSR count). The number of amides is 1. The van der Waals surface area contributed by atoms with Gasteiger partial charge in [0.05, 0.1) is 22.6 Å². The molecule has 0 saturated heterocycles. The van der Waals surface area contributed by atoms with E-state index >= 15 is 0 Å². The maximum Gasteiger partial charge on any atom is 0.266 e. The summed E-state index contributed by atoms with van der Waals surface area (Å²) in [5, 5.41) is 1.13. The van der Waals surface area contributed by atoms with E-state index in [2.05, 4.69) is 6.92 Å². The van der Waals surface area contributed by atoms with Crippen molar-refractivity contribution in [3.05, 3.63) is 106 Å². The first kappa shape index (κ1) is 24.7. The average molecular weight is 488 g/mol. The number of hydrogen-bond acceptors (Lipinski definition) is 3. The topological polar surface area (TPSA) is 55.2 Å². The van der Waals surface area contributed by atoms with Crippen LogP contribution in [0.2, 0.25) is 5.02 Å². The molecule has 1 atom stereocenters. The Morgan fingerprint density at radius 2 is 1.66 bits per heavy atom. The summed E-state index contributed by atoms with van der Waals surface area (Å²) in [6, 6.07) is 24.2. The van der Waals surface area contributed by atoms with Crippen LogP contribution in [0.5, 0.6) is 0 Å². The largest absolute Gasteiger partial charge is 0.333 e. The molecule has 1 heterocycles. The van der Waals surface area contributed by atoms with Crippen molar-refractivity contribution in [1.29, 1.82) is 0 Å². The highest BCUT2D eigenvalue weighted by atomic mass is 35.5. The summed E-state index contributed by atoms with van der Waals surface area (Å²) < 4.78 is 1.64. The summed E-state index contributed by atoms with van der Waals surface area (Å²) in [7, 11) is 0. The summed E-state index contributed by atoms with van der Waals surface area (Å²) in [6.07, 6.45) is 2.52. The number of carbonyl (C=O) groups is 1. The van der Waals surface area contributed by atoms with Gasteiger partial charge in [0.25, 0.3) is 5.56 Å². The first-order valence-corrected chi connectivity index (χ1v) is 12.5. The second-order valence-corrected chi connectivity index (χ2v) is 9.04. The molecule has 0 N–H and O–H groups in total. The fourth-order valence-electron chi connectivity index (χ4n) is 4.49. The van der Waals surface area contributed by atoms with Gasteiger partial charge in [0.15, 0.2) is 0 Å². The molecule has 1 amide bonds. The highest BCUT2D eigenvalue weighted by molar-refractivity contribution is 6.30. The van der Waals surface area contributed by atoms with E-state index in [9.17, 15) is 9.59 Å². The van der Waals surface area contributed by atoms with Crippen LogP contribution >= 0.6 is 11.6 Å². The standard InChI is InChI=1S/C29H30ClN3O2/c1-3-20-32(27(34)19-14-21-10-6-5-7-11-21)26(4-2)28-31-25-13-9-8-12-24(25)29(35)33(28)23-17-15-22(30)16-18-23/h5-13,15-18,26H,3-4,14,19-20H2,1-2H3. The Bertz CT molecular complexity index is 1350. The maximum atomic E-state index is 13.7. The van der Waals surface area contributed by atoms with Gasteiger partial charge in [-0.15, -0.1) is 0 Å². The van der Waals surface area contributed by atoms with Gasteiger partial charge < -0.3 is 4.90 Å². The van der Waals surface area contributed by atoms with Gasteiger partial charge in [-0.05, 0) is 61.2 Å². The molecule has 0 aliphatic rings. The van der Waals surface area contributed by atoms with Gasteiger partial charge in [-0.1, -0.05) is 67.9 Å². The van der Waals surface area contributed by atoms with Gasteiger partial charge in [0.1, 0.15) is 5.82 Å². The van der Waals surface area contributed by atoms with Gasteiger partial charge in [-0.2, -0.15) is 0 Å². The van der Waals surface area contributed by atoms with Crippen LogP contribution in [0, 0.1) is 0 Å². The number of nitrogens with zero attached hydrogens (tertiary/aromatic N) is 3. The van der Waals surface area contributed by atoms with Crippen LogP contribution in [0.3, 0.4) is 0 Å². The van der Waals surface area contributed by atoms with Crippen molar-refractivity contribution >= 4 is 28.4 Å². The van der Waals surface area contributed by atoms with Crippen molar-refractivity contribution in [2.75, 3.05) is 6.54 Å². The molecule has 1 aromatic heterocycles. The van der Waals surface area contributed by atoms with E-state index in [0.717, 1.165) is 12.0 Å². The van der Waals surface area contributed by atoms with Gasteiger partial charge in [-0.3, -0.25) is 14.2 Å². The number of para-hydroxylation sites is 1. The molecule has 0 spiro atoms. The maximum absolute atomic E-state index is 13.7. The molecular formula is C29H30ClN3O2. The lowest BCUT2D eigenvalue weighted by atomic mass is 10.1. The number of rotatable bonds is 9. The van der Waals surface area contributed by atoms with Crippen LogP contribution in [-0.2, 0) is 11.2 Å². The molecule has 0 saturated carbocycles. The monoisotopic (exact) mass is 487 g/mol. The van der Waals surface area contributed by atoms with Crippen LogP contribution in [0.15, 0.2) is 83.7 Å². The highest BCUT2D eigenvalue weighted by Gasteiger charge is 2.28. The molecule has 1 unspecified atom stereocenters. The van der Waals surface area contributed by atoms with Crippen molar-refractivity contribution < 1.29 is 4.79 Å². The molecule has 4 aromatic rings. The van der Waals surface area contributed by atoms with E-state index in [1.807, 2.05) is 72.5 Å². The van der Waals surface area contributed by atoms with Crippen molar-refractivity contribution in [2.24, 2.45) is 0 Å². The lowest BCUT2D eigenvalue weighted by molar-refractivity contribution is -0.134. The number of fused-ring (bicyclic) bond motifs is 1. The van der Waals surface area contributed by atoms with Gasteiger partial charge in [-0.25, -0.2) is 4.98 Å². The van der Waals surface area contributed by atoms with E-state index in [-0.39, 0.29) is 17.5 Å². The highest BCUT2D eigenvalue weighted by Crippen LogP contribution is 2.27. The molecule has 5 nitrogen and oxygen atoms in total. The normalized spacial score (nSPS) is 12.0. The number of hydrogen-bond donors (Lipinski definition) is 0. The van der Waals surface area contributed by atoms with E-state index in [1.54, 1.807) is 22.8 Å². The molecule has 0 aliphatic carbocycles. The average Bonchev–Trinajstić information content (AvgIpc) is 2.89. The third-order valence-corrected chi connectivity index (χ3v) is 6.45. The minimum absolute atomic E-state index is 0.0626. The molecule has 35 heavy (non-hydrogen) atoms. The van der Waals surface area contributed by atoms with Crippen molar-refractivity contribution in [3.63, 3.8) is 0 Å². The van der Waals surface area contributed by atoms with Crippen molar-refractivity contribution in [3.8, 4) is 5.69 Å². The first-order valence-electron chi connectivity index (χ1n) is 12.1. The van der Waals surface area contributed by atoms with Gasteiger partial charge in [0.2, 0.25) is 5.91 Å². The number of benzene rings is 3. The Balaban J connectivity index is 1.80. The summed E-state index contributed by atoms with van der Waals surface area (Å²) >= 11 is 6.13. The Hall–Kier alpha value is -3.44. The lowest BCUT2D eigenvalue weighted by Gasteiger charge is -2.32. The molecular weight excluding hydrogens is 458 g/mol. The smallest absolute Gasteiger partial charge is 0.266 e. The number of aromatic nitrogens is 2. The molecule has 6 heteroatoms. The minimum Gasteiger partial charge on any atom is -0.333 e. The van der Waals surface area contributed by atoms with Crippen molar-refractivity contribution in [2.45, 2.75) is 45.6 Å². The van der Waals surface area contributed by atoms with E-state index in [1.165, 1.54) is 0 Å². The summed E-state index contributed by atoms with van der Waals surface area (Å²) in [5.41, 5.74) is 2.29. The Labute approximate surface area is 211 Å². The molecule has 0 bridgehead atoms. The lowest BCUT2D eigenvalue weighted by Crippen LogP contribution is -2.39. The summed E-state index contributed by atoms with van der Waals surface area (Å²) in [6.45, 7) is 4.69. The second kappa shape index (κ2) is 11.3. The number of aryl methyl sites for hydroxylation is 1. The first-order chi connectivity index (χ1) is 17.0. The fraction of sp³-hybridized carbons (Fsp3) is 0.276. The van der Waals surface area contributed by atoms with Crippen LogP contribution in [0.4, 0.5) is 0 Å². The van der Waals surface area contributed by atoms with Crippen molar-refractivity contribution in [1.82, 2.24) is 14.5 Å². The molecule has 0 aliphatic heterocycles. The van der Waals surface area contributed by atoms with Gasteiger partial charge in [0, 0.05) is 18.0 Å². The van der Waals surface area contributed by atoms with Crippen LogP contribution < -0.4 is 5.56 Å². The van der Waals surface area contributed by atoms with E-state index < -0.39 is 0 Å². The molecule has 3 aromatic carbocycles. The SMILES string of the molecule is CCCN(C(=O)CCc1ccccc1)C(CC)c1nc2ccccc2c(=O)n1-c1ccc(Cl)cc1. The second-order valence-electron chi connectivity index (χ2n) is 8.60. The summed E-state index contributed by atoms with van der Waals surface area (Å²) in [5.74, 6) is 0.632. The third kappa shape index (κ3) is 5.46. The van der Waals surface area contributed by atoms with Crippen LogP contribution in [-0.4, -0.2) is 26.9 Å². The fourth-order valence-corrected chi connectivity index (χ4v) is 4.62. The number of carbonyl (C=O) groups excluding carboxylic acids is 1. The number of halogens is 1. The molecule has 0 radical (unpaired) electrons. The Kier molecular flexibility index (Phi) is 7.98. The summed E-state index contributed by atoms with van der Waals surface area (Å²) in [4.78, 5) is 34.1. The minimum atomic E-state index is -0.341. The van der Waals surface area contributed by atoms with Crippen LogP contribution in [0.1, 0.15) is 50.5 Å².